The van der Waals surface area contributed by atoms with Crippen LogP contribution >= 0.6 is 0 Å². The zero-order valence-electron chi connectivity index (χ0n) is 17.3. The van der Waals surface area contributed by atoms with Gasteiger partial charge in [-0.3, -0.25) is 4.79 Å². The molecule has 0 amide bonds. The van der Waals surface area contributed by atoms with Crippen molar-refractivity contribution >= 4 is 34.9 Å². The first-order valence-electron chi connectivity index (χ1n) is 10.1. The summed E-state index contributed by atoms with van der Waals surface area (Å²) in [6.45, 7) is -0.0200. The smallest absolute Gasteiger partial charge is 0.189 e. The van der Waals surface area contributed by atoms with Gasteiger partial charge in [-0.25, -0.2) is 9.97 Å². The number of nitrogens with one attached hydrogen (secondary N) is 2. The van der Waals surface area contributed by atoms with Crippen LogP contribution in [0, 0.1) is 0 Å². The van der Waals surface area contributed by atoms with Crippen molar-refractivity contribution in [1.29, 1.82) is 0 Å². The van der Waals surface area contributed by atoms with Crippen LogP contribution in [0.1, 0.15) is 21.5 Å². The number of aliphatic hydroxyl groups is 1. The van der Waals surface area contributed by atoms with Crippen LogP contribution in [0.5, 0.6) is 0 Å². The quantitative estimate of drug-likeness (QED) is 0.262. The third-order valence-electron chi connectivity index (χ3n) is 4.76. The summed E-state index contributed by atoms with van der Waals surface area (Å²) in [7, 11) is 0. The number of pyridine rings is 2. The van der Waals surface area contributed by atoms with Gasteiger partial charge in [0.1, 0.15) is 11.6 Å². The average molecular weight is 422 g/mol. The van der Waals surface area contributed by atoms with E-state index in [-0.39, 0.29) is 12.4 Å². The van der Waals surface area contributed by atoms with Crippen LogP contribution in [-0.4, -0.2) is 20.9 Å². The average Bonchev–Trinajstić information content (AvgIpc) is 2.85. The van der Waals surface area contributed by atoms with Crippen molar-refractivity contribution in [2.75, 3.05) is 10.6 Å². The molecule has 0 unspecified atom stereocenters. The third kappa shape index (κ3) is 5.24. The molecule has 0 atom stereocenters. The predicted octanol–water partition coefficient (Wildman–Crippen LogP) is 5.35. The molecule has 4 aromatic rings. The zero-order chi connectivity index (χ0) is 22.2. The Morgan fingerprint density at radius 3 is 2.19 bits per heavy atom. The molecular weight excluding hydrogens is 400 g/mol. The van der Waals surface area contributed by atoms with Crippen molar-refractivity contribution in [2.45, 2.75) is 6.61 Å². The number of benzene rings is 2. The fraction of sp³-hybridized carbons (Fsp3) is 0.0385. The molecule has 0 spiro atoms. The largest absolute Gasteiger partial charge is 0.392 e. The molecule has 0 fully saturated rings. The minimum absolute atomic E-state index is 0.0200. The molecule has 0 aliphatic carbocycles. The highest BCUT2D eigenvalue weighted by Crippen LogP contribution is 2.22. The van der Waals surface area contributed by atoms with E-state index in [1.807, 2.05) is 66.7 Å². The highest BCUT2D eigenvalue weighted by molar-refractivity contribution is 6.10. The summed E-state index contributed by atoms with van der Waals surface area (Å²) in [4.78, 5) is 21.7. The van der Waals surface area contributed by atoms with E-state index in [0.717, 1.165) is 22.5 Å². The molecule has 0 aliphatic heterocycles. The van der Waals surface area contributed by atoms with Gasteiger partial charge in [-0.1, -0.05) is 30.3 Å². The summed E-state index contributed by atoms with van der Waals surface area (Å²) in [6, 6.07) is 24.2. The van der Waals surface area contributed by atoms with Gasteiger partial charge in [-0.2, -0.15) is 0 Å². The molecule has 3 N–H and O–H groups in total. The van der Waals surface area contributed by atoms with Crippen molar-refractivity contribution in [3.63, 3.8) is 0 Å². The van der Waals surface area contributed by atoms with E-state index in [1.54, 1.807) is 30.6 Å². The summed E-state index contributed by atoms with van der Waals surface area (Å²) < 4.78 is 0. The van der Waals surface area contributed by atoms with Gasteiger partial charge in [-0.15, -0.1) is 0 Å². The molecule has 2 heterocycles. The zero-order valence-corrected chi connectivity index (χ0v) is 17.3. The van der Waals surface area contributed by atoms with Gasteiger partial charge >= 0.3 is 0 Å². The van der Waals surface area contributed by atoms with E-state index in [1.165, 1.54) is 6.08 Å². The highest BCUT2D eigenvalue weighted by atomic mass is 16.3. The molecule has 0 radical (unpaired) electrons. The Morgan fingerprint density at radius 2 is 1.44 bits per heavy atom. The van der Waals surface area contributed by atoms with Crippen LogP contribution in [0.25, 0.3) is 6.08 Å². The molecule has 0 saturated heterocycles. The molecule has 0 saturated carbocycles. The van der Waals surface area contributed by atoms with Gasteiger partial charge in [0.25, 0.3) is 0 Å². The number of aliphatic hydroxyl groups excluding tert-OH is 1. The number of carbonyl (C=O) groups excluding carboxylic acids is 1. The van der Waals surface area contributed by atoms with Crippen molar-refractivity contribution in [2.24, 2.45) is 0 Å². The molecule has 2 aromatic carbocycles. The van der Waals surface area contributed by atoms with E-state index in [0.29, 0.717) is 17.2 Å². The maximum atomic E-state index is 13.0. The minimum Gasteiger partial charge on any atom is -0.392 e. The van der Waals surface area contributed by atoms with Crippen molar-refractivity contribution in [3.8, 4) is 0 Å². The Hall–Kier alpha value is -4.29. The van der Waals surface area contributed by atoms with Crippen LogP contribution < -0.4 is 10.6 Å². The summed E-state index contributed by atoms with van der Waals surface area (Å²) >= 11 is 0. The number of anilines is 4. The monoisotopic (exact) mass is 422 g/mol. The minimum atomic E-state index is -0.179. The predicted molar refractivity (Wildman–Crippen MR) is 127 cm³/mol. The summed E-state index contributed by atoms with van der Waals surface area (Å²) in [6.07, 6.45) is 6.60. The Balaban J connectivity index is 1.53. The lowest BCUT2D eigenvalue weighted by Gasteiger charge is -2.10. The standard InChI is InChI=1S/C26H22N4O2/c31-18-19-10-13-22(14-11-19)30-26-23(9-5-17-28-26)24(32)15-12-20-6-4-16-27-25(20)29-21-7-2-1-3-8-21/h1-17,31H,18H2,(H,27,29)(H,28,30). The van der Waals surface area contributed by atoms with E-state index in [9.17, 15) is 9.90 Å². The van der Waals surface area contributed by atoms with E-state index in [4.69, 9.17) is 0 Å². The second-order valence-electron chi connectivity index (χ2n) is 7.01. The fourth-order valence-corrected chi connectivity index (χ4v) is 3.10. The second-order valence-corrected chi connectivity index (χ2v) is 7.01. The maximum absolute atomic E-state index is 13.0. The summed E-state index contributed by atoms with van der Waals surface area (Å²) in [5.74, 6) is 0.950. The molecular formula is C26H22N4O2. The number of nitrogens with zero attached hydrogens (tertiary/aromatic N) is 2. The Morgan fingerprint density at radius 1 is 0.781 bits per heavy atom. The van der Waals surface area contributed by atoms with Gasteiger partial charge in [0.05, 0.1) is 12.2 Å². The first-order valence-corrected chi connectivity index (χ1v) is 10.1. The summed E-state index contributed by atoms with van der Waals surface area (Å²) in [5, 5.41) is 15.6. The van der Waals surface area contributed by atoms with E-state index >= 15 is 0 Å². The molecule has 2 aromatic heterocycles. The fourth-order valence-electron chi connectivity index (χ4n) is 3.10. The molecule has 32 heavy (non-hydrogen) atoms. The van der Waals surface area contributed by atoms with E-state index < -0.39 is 0 Å². The van der Waals surface area contributed by atoms with Crippen molar-refractivity contribution in [1.82, 2.24) is 9.97 Å². The molecule has 0 aliphatic rings. The lowest BCUT2D eigenvalue weighted by molar-refractivity contribution is 0.104. The number of carbonyl (C=O) groups is 1. The highest BCUT2D eigenvalue weighted by Gasteiger charge is 2.11. The molecule has 158 valence electrons. The van der Waals surface area contributed by atoms with Crippen molar-refractivity contribution in [3.05, 3.63) is 114 Å². The lowest BCUT2D eigenvalue weighted by atomic mass is 10.1. The van der Waals surface area contributed by atoms with Gasteiger partial charge in [0.15, 0.2) is 5.78 Å². The lowest BCUT2D eigenvalue weighted by Crippen LogP contribution is -2.03. The third-order valence-corrected chi connectivity index (χ3v) is 4.76. The number of hydrogen-bond donors (Lipinski definition) is 3. The van der Waals surface area contributed by atoms with E-state index in [2.05, 4.69) is 20.6 Å². The summed E-state index contributed by atoms with van der Waals surface area (Å²) in [5.41, 5.74) is 3.75. The van der Waals surface area contributed by atoms with Crippen LogP contribution in [0.4, 0.5) is 23.0 Å². The van der Waals surface area contributed by atoms with Gasteiger partial charge < -0.3 is 15.7 Å². The van der Waals surface area contributed by atoms with Crippen LogP contribution in [-0.2, 0) is 6.61 Å². The molecule has 6 heteroatoms. The number of aromatic nitrogens is 2. The van der Waals surface area contributed by atoms with Gasteiger partial charge in [0, 0.05) is 29.3 Å². The van der Waals surface area contributed by atoms with Crippen LogP contribution in [0.15, 0.2) is 97.3 Å². The first-order chi connectivity index (χ1) is 15.7. The second kappa shape index (κ2) is 10.1. The molecule has 6 nitrogen and oxygen atoms in total. The van der Waals surface area contributed by atoms with Crippen molar-refractivity contribution < 1.29 is 9.90 Å². The Bertz CT molecular complexity index is 1220. The Labute approximate surface area is 186 Å². The number of rotatable bonds is 8. The number of ketones is 1. The number of allylic oxidation sites excluding steroid dienone is 1. The Kier molecular flexibility index (Phi) is 6.65. The molecule has 0 bridgehead atoms. The maximum Gasteiger partial charge on any atom is 0.189 e. The topological polar surface area (TPSA) is 87.1 Å². The van der Waals surface area contributed by atoms with Gasteiger partial charge in [-0.05, 0) is 66.2 Å². The van der Waals surface area contributed by atoms with Gasteiger partial charge in [0.2, 0.25) is 0 Å². The molecule has 4 rings (SSSR count). The van der Waals surface area contributed by atoms with Crippen LogP contribution in [0.3, 0.4) is 0 Å². The normalized spacial score (nSPS) is 10.8. The first kappa shape index (κ1) is 21.0. The SMILES string of the molecule is O=C(C=Cc1cccnc1Nc1ccccc1)c1cccnc1Nc1ccc(CO)cc1. The number of para-hydroxylation sites is 1. The number of hydrogen-bond acceptors (Lipinski definition) is 6. The van der Waals surface area contributed by atoms with Crippen LogP contribution in [0.2, 0.25) is 0 Å².